The number of hydrogen-bond acceptors (Lipinski definition) is 10. The second kappa shape index (κ2) is 7.35. The van der Waals surface area contributed by atoms with E-state index >= 15 is 0 Å². The molecule has 3 unspecified atom stereocenters. The third-order valence-electron chi connectivity index (χ3n) is 5.06. The first-order valence-corrected chi connectivity index (χ1v) is 8.93. The summed E-state index contributed by atoms with van der Waals surface area (Å²) in [5.74, 6) is 0. The van der Waals surface area contributed by atoms with Crippen LogP contribution in [0.2, 0.25) is 0 Å². The number of nitrogens with one attached hydrogen (secondary N) is 3. The van der Waals surface area contributed by atoms with Crippen molar-refractivity contribution in [2.45, 2.75) is 57.2 Å². The Morgan fingerprint density at radius 1 is 0.679 bits per heavy atom. The van der Waals surface area contributed by atoms with Gasteiger partial charge in [-0.1, -0.05) is 20.8 Å². The van der Waals surface area contributed by atoms with Crippen molar-refractivity contribution in [1.82, 2.24) is 51.1 Å². The maximum atomic E-state index is 11.7. The number of aromatic amines is 3. The molecule has 0 radical (unpaired) electrons. The molecule has 3 heterocycles. The molecule has 0 aliphatic rings. The Kier molecular flexibility index (Phi) is 5.25. The van der Waals surface area contributed by atoms with Crippen molar-refractivity contribution in [3.63, 3.8) is 0 Å². The Balaban J connectivity index is 2.31. The molecular formula is C15H24N10O3. The van der Waals surface area contributed by atoms with Gasteiger partial charge in [0.25, 0.3) is 0 Å². The zero-order chi connectivity index (χ0) is 20.4. The Morgan fingerprint density at radius 2 is 0.964 bits per heavy atom. The largest absolute Gasteiger partial charge is 0.369 e. The van der Waals surface area contributed by atoms with E-state index in [4.69, 9.17) is 0 Å². The van der Waals surface area contributed by atoms with Crippen LogP contribution in [-0.4, -0.2) is 66.5 Å². The van der Waals surface area contributed by atoms with Crippen molar-refractivity contribution in [1.29, 1.82) is 0 Å². The smallest absolute Gasteiger partial charge is 0.169 e. The topological polar surface area (TPSA) is 189 Å². The molecule has 0 amide bonds. The lowest BCUT2D eigenvalue weighted by molar-refractivity contribution is -0.345. The van der Waals surface area contributed by atoms with Gasteiger partial charge in [0.05, 0.1) is 18.6 Å². The minimum Gasteiger partial charge on any atom is -0.369 e. The second-order valence-corrected chi connectivity index (χ2v) is 6.41. The predicted octanol–water partition coefficient (Wildman–Crippen LogP) is -0.591. The van der Waals surface area contributed by atoms with Crippen LogP contribution in [0.1, 0.15) is 57.1 Å². The number of aromatic nitrogens is 9. The molecule has 0 aromatic carbocycles. The van der Waals surface area contributed by atoms with Crippen LogP contribution in [0, 0.1) is 0 Å². The van der Waals surface area contributed by atoms with Crippen LogP contribution in [0.5, 0.6) is 0 Å². The quantitative estimate of drug-likeness (QED) is 0.257. The highest BCUT2D eigenvalue weighted by atomic mass is 16.4. The Morgan fingerprint density at radius 3 is 1.14 bits per heavy atom. The maximum absolute atomic E-state index is 11.7. The summed E-state index contributed by atoms with van der Waals surface area (Å²) in [6.45, 7) is 5.08. The first-order chi connectivity index (χ1) is 13.4. The normalized spacial score (nSPS) is 18.5. The highest BCUT2D eigenvalue weighted by molar-refractivity contribution is 5.19. The Bertz CT molecular complexity index is 740. The van der Waals surface area contributed by atoms with Crippen molar-refractivity contribution in [2.75, 3.05) is 0 Å². The maximum Gasteiger partial charge on any atom is 0.169 e. The summed E-state index contributed by atoms with van der Waals surface area (Å²) in [5.41, 5.74) is -5.50. The summed E-state index contributed by atoms with van der Waals surface area (Å²) in [4.78, 5) is 1.14. The van der Waals surface area contributed by atoms with Crippen LogP contribution in [0.3, 0.4) is 0 Å². The average molecular weight is 392 g/mol. The van der Waals surface area contributed by atoms with Crippen LogP contribution in [0.15, 0.2) is 18.6 Å². The average Bonchev–Trinajstić information content (AvgIpc) is 3.48. The van der Waals surface area contributed by atoms with Gasteiger partial charge < -0.3 is 15.3 Å². The molecule has 3 aromatic heterocycles. The molecule has 3 atom stereocenters. The van der Waals surface area contributed by atoms with E-state index in [1.807, 2.05) is 0 Å². The van der Waals surface area contributed by atoms with Crippen LogP contribution in [0.4, 0.5) is 0 Å². The van der Waals surface area contributed by atoms with Gasteiger partial charge >= 0.3 is 0 Å². The molecule has 0 aliphatic carbocycles. The summed E-state index contributed by atoms with van der Waals surface area (Å²) < 4.78 is 0. The summed E-state index contributed by atoms with van der Waals surface area (Å²) in [6.07, 6.45) is 4.15. The van der Waals surface area contributed by atoms with Gasteiger partial charge in [-0.25, -0.2) is 4.90 Å². The minimum atomic E-state index is -1.94. The molecule has 6 N–H and O–H groups in total. The van der Waals surface area contributed by atoms with Gasteiger partial charge in [-0.05, 0) is 19.3 Å². The Labute approximate surface area is 160 Å². The number of rotatable bonds is 9. The van der Waals surface area contributed by atoms with Crippen molar-refractivity contribution >= 4 is 0 Å². The molecule has 0 bridgehead atoms. The molecule has 0 aliphatic heterocycles. The van der Waals surface area contributed by atoms with Crippen molar-refractivity contribution < 1.29 is 15.3 Å². The van der Waals surface area contributed by atoms with E-state index < -0.39 is 17.2 Å². The molecule has 3 rings (SSSR count). The summed E-state index contributed by atoms with van der Waals surface area (Å²) in [7, 11) is 0. The van der Waals surface area contributed by atoms with Crippen LogP contribution in [-0.2, 0) is 17.2 Å². The zero-order valence-electron chi connectivity index (χ0n) is 15.8. The predicted molar refractivity (Wildman–Crippen MR) is 93.6 cm³/mol. The molecule has 0 fully saturated rings. The molecule has 28 heavy (non-hydrogen) atoms. The van der Waals surface area contributed by atoms with Crippen molar-refractivity contribution in [3.8, 4) is 0 Å². The number of nitrogens with zero attached hydrogens (tertiary/aromatic N) is 7. The summed E-state index contributed by atoms with van der Waals surface area (Å²) in [6, 6.07) is 0. The van der Waals surface area contributed by atoms with Gasteiger partial charge in [0.15, 0.2) is 17.2 Å². The minimum absolute atomic E-state index is 0.0554. The molecule has 3 aromatic rings. The third-order valence-corrected chi connectivity index (χ3v) is 5.06. The zero-order valence-corrected chi connectivity index (χ0v) is 15.8. The molecule has 0 saturated heterocycles. The summed E-state index contributed by atoms with van der Waals surface area (Å²) in [5, 5.41) is 65.9. The van der Waals surface area contributed by atoms with Crippen LogP contribution < -0.4 is 0 Å². The fourth-order valence-electron chi connectivity index (χ4n) is 3.46. The highest BCUT2D eigenvalue weighted by Crippen LogP contribution is 2.47. The summed E-state index contributed by atoms with van der Waals surface area (Å²) >= 11 is 0. The lowest BCUT2D eigenvalue weighted by atomic mass is 9.89. The monoisotopic (exact) mass is 392 g/mol. The van der Waals surface area contributed by atoms with Gasteiger partial charge in [-0.15, -0.1) is 0 Å². The van der Waals surface area contributed by atoms with E-state index in [2.05, 4.69) is 46.2 Å². The lowest BCUT2D eigenvalue weighted by Crippen LogP contribution is -2.66. The molecule has 13 nitrogen and oxygen atoms in total. The van der Waals surface area contributed by atoms with Gasteiger partial charge in [-0.2, -0.15) is 46.2 Å². The molecular weight excluding hydrogens is 368 g/mol. The van der Waals surface area contributed by atoms with Crippen molar-refractivity contribution in [2.24, 2.45) is 0 Å². The number of aliphatic hydroxyl groups is 3. The van der Waals surface area contributed by atoms with E-state index in [0.29, 0.717) is 0 Å². The van der Waals surface area contributed by atoms with Gasteiger partial charge in [0.2, 0.25) is 0 Å². The number of hydrogen-bond donors (Lipinski definition) is 6. The first kappa shape index (κ1) is 20.0. The van der Waals surface area contributed by atoms with Crippen LogP contribution >= 0.6 is 0 Å². The third kappa shape index (κ3) is 2.88. The standard InChI is InChI=1S/C15H24N10O3/c1-4-13(26,10-7-16-22-19-10)25(14(27,5-2)11-8-17-23-20-11)15(28,6-3)12-9-18-24-21-12/h7-9,26-28H,4-6H2,1-3H3,(H,16,19,22)(H,17,20,23)(H,18,21,24). The first-order valence-electron chi connectivity index (χ1n) is 8.93. The van der Waals surface area contributed by atoms with Gasteiger partial charge in [0.1, 0.15) is 17.1 Å². The molecule has 13 heteroatoms. The fourth-order valence-corrected chi connectivity index (χ4v) is 3.46. The Hall–Kier alpha value is -2.74. The van der Waals surface area contributed by atoms with Crippen molar-refractivity contribution in [3.05, 3.63) is 35.7 Å². The second-order valence-electron chi connectivity index (χ2n) is 6.41. The van der Waals surface area contributed by atoms with E-state index in [9.17, 15) is 15.3 Å². The molecule has 0 saturated carbocycles. The SMILES string of the molecule is CCC(O)(c1cn[nH]n1)N(C(O)(CC)c1cn[nH]n1)C(O)(CC)c1cn[nH]n1. The van der Waals surface area contributed by atoms with E-state index in [1.54, 1.807) is 20.8 Å². The fraction of sp³-hybridized carbons (Fsp3) is 0.600. The van der Waals surface area contributed by atoms with Gasteiger partial charge in [0, 0.05) is 0 Å². The van der Waals surface area contributed by atoms with E-state index in [-0.39, 0.29) is 36.3 Å². The van der Waals surface area contributed by atoms with Crippen LogP contribution in [0.25, 0.3) is 0 Å². The molecule has 0 spiro atoms. The molecule has 152 valence electrons. The number of H-pyrrole nitrogens is 3. The highest BCUT2D eigenvalue weighted by Gasteiger charge is 2.59. The van der Waals surface area contributed by atoms with E-state index in [1.165, 1.54) is 18.6 Å². The van der Waals surface area contributed by atoms with E-state index in [0.717, 1.165) is 4.90 Å². The van der Waals surface area contributed by atoms with Gasteiger partial charge in [-0.3, -0.25) is 0 Å². The lowest BCUT2D eigenvalue weighted by Gasteiger charge is -2.53.